The molecule has 0 unspecified atom stereocenters. The van der Waals surface area contributed by atoms with Crippen molar-refractivity contribution in [3.8, 4) is 0 Å². The summed E-state index contributed by atoms with van der Waals surface area (Å²) in [6, 6.07) is 12.1. The number of rotatable bonds is 8. The van der Waals surface area contributed by atoms with E-state index >= 15 is 0 Å². The minimum atomic E-state index is -0.364. The Morgan fingerprint density at radius 3 is 2.52 bits per heavy atom. The molecule has 1 aliphatic rings. The van der Waals surface area contributed by atoms with Gasteiger partial charge < -0.3 is 14.7 Å². The van der Waals surface area contributed by atoms with Crippen LogP contribution in [-0.2, 0) is 6.54 Å². The van der Waals surface area contributed by atoms with Gasteiger partial charge in [0.2, 0.25) is 5.52 Å². The molecule has 0 amide bonds. The Kier molecular flexibility index (Phi) is 6.31. The second-order valence-electron chi connectivity index (χ2n) is 8.03. The van der Waals surface area contributed by atoms with Crippen LogP contribution in [0.15, 0.2) is 41.0 Å². The number of nitro groups is 1. The number of piperazine rings is 1. The number of unbranched alkanes of at least 4 members (excludes halogenated alkanes) is 1. The van der Waals surface area contributed by atoms with E-state index in [2.05, 4.69) is 51.1 Å². The maximum absolute atomic E-state index is 12.0. The molecule has 1 aromatic heterocycles. The molecule has 1 aliphatic heterocycles. The predicted octanol–water partition coefficient (Wildman–Crippen LogP) is 3.69. The van der Waals surface area contributed by atoms with Gasteiger partial charge in [0.15, 0.2) is 5.52 Å². The molecule has 31 heavy (non-hydrogen) atoms. The van der Waals surface area contributed by atoms with Gasteiger partial charge in [0.1, 0.15) is 5.69 Å². The molecule has 2 heterocycles. The zero-order chi connectivity index (χ0) is 21.8. The quantitative estimate of drug-likeness (QED) is 0.399. The molecule has 1 fully saturated rings. The van der Waals surface area contributed by atoms with Gasteiger partial charge in [-0.15, -0.1) is 0 Å². The zero-order valence-corrected chi connectivity index (χ0v) is 18.0. The number of benzene rings is 2. The normalized spacial score (nSPS) is 14.8. The molecule has 0 spiro atoms. The van der Waals surface area contributed by atoms with Crippen molar-refractivity contribution in [1.82, 2.24) is 15.2 Å². The Hall–Kier alpha value is -3.20. The third kappa shape index (κ3) is 4.46. The van der Waals surface area contributed by atoms with Crippen molar-refractivity contribution in [3.05, 3.63) is 52.1 Å². The van der Waals surface area contributed by atoms with E-state index in [9.17, 15) is 10.1 Å². The molecule has 1 saturated heterocycles. The third-order valence-electron chi connectivity index (χ3n) is 5.84. The second kappa shape index (κ2) is 9.30. The number of aromatic nitrogens is 2. The fourth-order valence-electron chi connectivity index (χ4n) is 4.05. The molecule has 0 N–H and O–H groups in total. The molecule has 0 saturated carbocycles. The number of anilines is 2. The van der Waals surface area contributed by atoms with Crippen molar-refractivity contribution >= 4 is 28.1 Å². The highest BCUT2D eigenvalue weighted by molar-refractivity contribution is 6.00. The molecular weight excluding hydrogens is 396 g/mol. The van der Waals surface area contributed by atoms with Crippen LogP contribution in [0.25, 0.3) is 11.0 Å². The zero-order valence-electron chi connectivity index (χ0n) is 18.0. The van der Waals surface area contributed by atoms with Crippen LogP contribution in [0.1, 0.15) is 25.3 Å². The van der Waals surface area contributed by atoms with Crippen LogP contribution >= 0.6 is 0 Å². The Labute approximate surface area is 181 Å². The highest BCUT2D eigenvalue weighted by Crippen LogP contribution is 2.41. The maximum Gasteiger partial charge on any atom is 0.323 e. The molecule has 2 aromatic carbocycles. The summed E-state index contributed by atoms with van der Waals surface area (Å²) < 4.78 is 5.00. The van der Waals surface area contributed by atoms with E-state index in [4.69, 9.17) is 4.63 Å². The number of fused-ring (bicyclic) bond motifs is 1. The Bertz CT molecular complexity index is 1030. The van der Waals surface area contributed by atoms with Gasteiger partial charge in [0, 0.05) is 39.3 Å². The maximum atomic E-state index is 12.0. The lowest BCUT2D eigenvalue weighted by Gasteiger charge is -2.34. The van der Waals surface area contributed by atoms with Gasteiger partial charge in [0.25, 0.3) is 0 Å². The summed E-state index contributed by atoms with van der Waals surface area (Å²) in [6.45, 7) is 6.80. The first-order chi connectivity index (χ1) is 15.1. The van der Waals surface area contributed by atoms with E-state index in [0.717, 1.165) is 51.3 Å². The number of likely N-dealkylation sites (N-methyl/N-ethyl adjacent to an activating group) is 1. The molecule has 9 heteroatoms. The minimum absolute atomic E-state index is 0.0281. The van der Waals surface area contributed by atoms with Crippen LogP contribution in [0, 0.1) is 10.1 Å². The number of nitrogens with zero attached hydrogens (tertiary/aromatic N) is 6. The lowest BCUT2D eigenvalue weighted by atomic mass is 10.1. The van der Waals surface area contributed by atoms with E-state index in [-0.39, 0.29) is 16.1 Å². The average Bonchev–Trinajstić information content (AvgIpc) is 3.26. The third-order valence-corrected chi connectivity index (χ3v) is 5.84. The van der Waals surface area contributed by atoms with Crippen LogP contribution in [0.2, 0.25) is 0 Å². The van der Waals surface area contributed by atoms with Crippen LogP contribution < -0.4 is 9.80 Å². The van der Waals surface area contributed by atoms with E-state index in [1.165, 1.54) is 5.56 Å². The summed E-state index contributed by atoms with van der Waals surface area (Å²) in [5.41, 5.74) is 3.21. The predicted molar refractivity (Wildman–Crippen MR) is 121 cm³/mol. The summed E-state index contributed by atoms with van der Waals surface area (Å²) in [5, 5.41) is 20.1. The smallest absolute Gasteiger partial charge is 0.323 e. The Balaban J connectivity index is 1.82. The first-order valence-corrected chi connectivity index (χ1v) is 10.7. The lowest BCUT2D eigenvalue weighted by molar-refractivity contribution is -0.382. The highest BCUT2D eigenvalue weighted by atomic mass is 16.6. The number of hydrogen-bond acceptors (Lipinski definition) is 8. The fourth-order valence-corrected chi connectivity index (χ4v) is 4.05. The van der Waals surface area contributed by atoms with Gasteiger partial charge in [-0.2, -0.15) is 0 Å². The molecule has 0 bridgehead atoms. The SMILES string of the molecule is CCCCN(Cc1ccccc1)c1cc(N2CCN(C)CC2)c([N+](=O)[O-])c2nonc12. The average molecular weight is 425 g/mol. The van der Waals surface area contributed by atoms with Gasteiger partial charge in [-0.25, -0.2) is 4.63 Å². The van der Waals surface area contributed by atoms with E-state index in [1.54, 1.807) is 0 Å². The molecule has 164 valence electrons. The van der Waals surface area contributed by atoms with Crippen LogP contribution in [0.3, 0.4) is 0 Å². The van der Waals surface area contributed by atoms with Crippen LogP contribution in [0.4, 0.5) is 17.1 Å². The van der Waals surface area contributed by atoms with E-state index < -0.39 is 0 Å². The molecule has 0 radical (unpaired) electrons. The van der Waals surface area contributed by atoms with Crippen molar-refractivity contribution in [2.75, 3.05) is 49.6 Å². The van der Waals surface area contributed by atoms with Crippen LogP contribution in [0.5, 0.6) is 0 Å². The number of hydrogen-bond donors (Lipinski definition) is 0. The van der Waals surface area contributed by atoms with E-state index in [1.807, 2.05) is 24.3 Å². The van der Waals surface area contributed by atoms with Crippen molar-refractivity contribution < 1.29 is 9.55 Å². The lowest BCUT2D eigenvalue weighted by Crippen LogP contribution is -2.44. The van der Waals surface area contributed by atoms with Crippen molar-refractivity contribution in [2.45, 2.75) is 26.3 Å². The first kappa shape index (κ1) is 21.0. The van der Waals surface area contributed by atoms with Crippen molar-refractivity contribution in [1.29, 1.82) is 0 Å². The molecule has 4 rings (SSSR count). The van der Waals surface area contributed by atoms with Gasteiger partial charge in [-0.05, 0) is 35.4 Å². The summed E-state index contributed by atoms with van der Waals surface area (Å²) in [5.74, 6) is 0. The monoisotopic (exact) mass is 424 g/mol. The Morgan fingerprint density at radius 2 is 1.84 bits per heavy atom. The number of nitro benzene ring substituents is 1. The topological polar surface area (TPSA) is 91.8 Å². The molecule has 9 nitrogen and oxygen atoms in total. The summed E-state index contributed by atoms with van der Waals surface area (Å²) in [6.07, 6.45) is 2.05. The highest BCUT2D eigenvalue weighted by Gasteiger charge is 2.31. The largest absolute Gasteiger partial charge is 0.365 e. The molecule has 0 aliphatic carbocycles. The fraction of sp³-hybridized carbons (Fsp3) is 0.455. The van der Waals surface area contributed by atoms with Gasteiger partial charge >= 0.3 is 5.69 Å². The standard InChI is InChI=1S/C22H28N6O3/c1-3-4-10-27(16-17-8-6-5-7-9-17)18-15-19(26-13-11-25(2)12-14-26)22(28(29)30)21-20(18)23-31-24-21/h5-9,15H,3-4,10-14,16H2,1-2H3. The van der Waals surface area contributed by atoms with Crippen LogP contribution in [-0.4, -0.2) is 59.9 Å². The molecule has 0 atom stereocenters. The van der Waals surface area contributed by atoms with Crippen molar-refractivity contribution in [3.63, 3.8) is 0 Å². The first-order valence-electron chi connectivity index (χ1n) is 10.7. The Morgan fingerprint density at radius 1 is 1.13 bits per heavy atom. The van der Waals surface area contributed by atoms with E-state index in [0.29, 0.717) is 17.7 Å². The second-order valence-corrected chi connectivity index (χ2v) is 8.03. The van der Waals surface area contributed by atoms with Crippen molar-refractivity contribution in [2.24, 2.45) is 0 Å². The molecule has 3 aromatic rings. The molecular formula is C22H28N6O3. The summed E-state index contributed by atoms with van der Waals surface area (Å²) in [4.78, 5) is 18.2. The van der Waals surface area contributed by atoms with Gasteiger partial charge in [-0.1, -0.05) is 43.7 Å². The summed E-state index contributed by atoms with van der Waals surface area (Å²) >= 11 is 0. The van der Waals surface area contributed by atoms with Gasteiger partial charge in [0.05, 0.1) is 10.6 Å². The summed E-state index contributed by atoms with van der Waals surface area (Å²) in [7, 11) is 2.06. The van der Waals surface area contributed by atoms with Gasteiger partial charge in [-0.3, -0.25) is 10.1 Å². The minimum Gasteiger partial charge on any atom is -0.365 e.